The number of benzene rings is 2. The molecule has 5 nitrogen and oxygen atoms in total. The van der Waals surface area contributed by atoms with Crippen LogP contribution >= 0.6 is 11.6 Å². The third-order valence-corrected chi connectivity index (χ3v) is 3.71. The summed E-state index contributed by atoms with van der Waals surface area (Å²) in [5.74, 6) is 0.137. The van der Waals surface area contributed by atoms with Crippen molar-refractivity contribution in [1.29, 1.82) is 0 Å². The van der Waals surface area contributed by atoms with Crippen molar-refractivity contribution in [3.05, 3.63) is 64.8 Å². The molecule has 24 heavy (non-hydrogen) atoms. The van der Waals surface area contributed by atoms with Crippen LogP contribution in [-0.4, -0.2) is 11.0 Å². The van der Waals surface area contributed by atoms with Gasteiger partial charge in [0.1, 0.15) is 11.3 Å². The van der Waals surface area contributed by atoms with Gasteiger partial charge in [-0.1, -0.05) is 41.9 Å². The Morgan fingerprint density at radius 2 is 1.88 bits per heavy atom. The fourth-order valence-electron chi connectivity index (χ4n) is 2.16. The van der Waals surface area contributed by atoms with Crippen molar-refractivity contribution in [3.63, 3.8) is 0 Å². The summed E-state index contributed by atoms with van der Waals surface area (Å²) in [6.45, 7) is 1.32. The second-order valence-corrected chi connectivity index (χ2v) is 5.48. The van der Waals surface area contributed by atoms with Crippen LogP contribution in [0.2, 0.25) is 0 Å². The molecule has 0 bridgehead atoms. The van der Waals surface area contributed by atoms with Gasteiger partial charge in [-0.15, -0.1) is 0 Å². The van der Waals surface area contributed by atoms with Gasteiger partial charge in [-0.05, 0) is 12.1 Å². The van der Waals surface area contributed by atoms with Gasteiger partial charge in [-0.3, -0.25) is 15.0 Å². The summed E-state index contributed by atoms with van der Waals surface area (Å²) in [6.07, 6.45) is 0. The van der Waals surface area contributed by atoms with Crippen LogP contribution in [0.15, 0.2) is 68.9 Å². The molecule has 0 unspecified atom stereocenters. The first-order valence-corrected chi connectivity index (χ1v) is 7.56. The van der Waals surface area contributed by atoms with E-state index in [1.807, 2.05) is 30.3 Å². The molecule has 3 rings (SSSR count). The molecular weight excluding hydrogens is 328 g/mol. The number of hydrazone groups is 1. The Morgan fingerprint density at radius 3 is 2.58 bits per heavy atom. The van der Waals surface area contributed by atoms with Crippen molar-refractivity contribution in [1.82, 2.24) is 0 Å². The van der Waals surface area contributed by atoms with Crippen molar-refractivity contribution in [3.8, 4) is 11.3 Å². The van der Waals surface area contributed by atoms with E-state index in [0.29, 0.717) is 22.4 Å². The SMILES string of the molecule is CC(=O)/C(Cl)=N\Nc1ccc2c(=O)cc(-c3ccccc3)oc2c1. The lowest BCUT2D eigenvalue weighted by molar-refractivity contribution is -0.110. The molecule has 6 heteroatoms. The lowest BCUT2D eigenvalue weighted by atomic mass is 10.1. The van der Waals surface area contributed by atoms with Crippen LogP contribution in [0.4, 0.5) is 5.69 Å². The fourth-order valence-corrected chi connectivity index (χ4v) is 2.20. The van der Waals surface area contributed by atoms with Gasteiger partial charge in [-0.2, -0.15) is 5.10 Å². The number of Topliss-reactive ketones (excluding diaryl/α,β-unsaturated/α-hetero) is 1. The average molecular weight is 341 g/mol. The first-order chi connectivity index (χ1) is 11.5. The molecule has 0 atom stereocenters. The van der Waals surface area contributed by atoms with Gasteiger partial charge in [0, 0.05) is 24.6 Å². The zero-order valence-electron chi connectivity index (χ0n) is 12.7. The van der Waals surface area contributed by atoms with Crippen LogP contribution in [0.25, 0.3) is 22.3 Å². The summed E-state index contributed by atoms with van der Waals surface area (Å²) in [4.78, 5) is 23.3. The van der Waals surface area contributed by atoms with Crippen LogP contribution in [-0.2, 0) is 4.79 Å². The minimum Gasteiger partial charge on any atom is -0.456 e. The van der Waals surface area contributed by atoms with E-state index >= 15 is 0 Å². The zero-order chi connectivity index (χ0) is 17.1. The topological polar surface area (TPSA) is 71.7 Å². The standard InChI is InChI=1S/C18H13ClN2O3/c1-11(22)18(19)21-20-13-7-8-14-15(23)10-16(24-17(14)9-13)12-5-3-2-4-6-12/h2-10,20H,1H3/b21-18+. The van der Waals surface area contributed by atoms with Gasteiger partial charge in [0.2, 0.25) is 0 Å². The molecular formula is C18H13ClN2O3. The Labute approximate surface area is 142 Å². The Balaban J connectivity index is 2.04. The number of anilines is 1. The molecule has 0 aliphatic rings. The Kier molecular flexibility index (Phi) is 4.44. The molecule has 1 N–H and O–H groups in total. The maximum Gasteiger partial charge on any atom is 0.193 e. The van der Waals surface area contributed by atoms with E-state index in [-0.39, 0.29) is 16.4 Å². The summed E-state index contributed by atoms with van der Waals surface area (Å²) >= 11 is 5.68. The van der Waals surface area contributed by atoms with E-state index in [1.54, 1.807) is 18.2 Å². The average Bonchev–Trinajstić information content (AvgIpc) is 2.60. The lowest BCUT2D eigenvalue weighted by Gasteiger charge is -2.05. The van der Waals surface area contributed by atoms with Crippen molar-refractivity contribution >= 4 is 39.2 Å². The van der Waals surface area contributed by atoms with E-state index < -0.39 is 0 Å². The normalized spacial score (nSPS) is 11.5. The summed E-state index contributed by atoms with van der Waals surface area (Å²) in [5.41, 5.74) is 4.32. The molecule has 0 saturated carbocycles. The van der Waals surface area contributed by atoms with E-state index in [9.17, 15) is 9.59 Å². The van der Waals surface area contributed by atoms with Gasteiger partial charge < -0.3 is 4.42 Å². The molecule has 120 valence electrons. The lowest BCUT2D eigenvalue weighted by Crippen LogP contribution is -2.05. The summed E-state index contributed by atoms with van der Waals surface area (Å²) in [7, 11) is 0. The number of hydrogen-bond donors (Lipinski definition) is 1. The summed E-state index contributed by atoms with van der Waals surface area (Å²) in [6, 6.07) is 15.8. The molecule has 1 aromatic heterocycles. The highest BCUT2D eigenvalue weighted by Crippen LogP contribution is 2.24. The van der Waals surface area contributed by atoms with Crippen molar-refractivity contribution in [2.24, 2.45) is 5.10 Å². The molecule has 1 heterocycles. The number of fused-ring (bicyclic) bond motifs is 1. The molecule has 0 spiro atoms. The third-order valence-electron chi connectivity index (χ3n) is 3.36. The van der Waals surface area contributed by atoms with Crippen molar-refractivity contribution in [2.45, 2.75) is 6.92 Å². The quantitative estimate of drug-likeness (QED) is 0.575. The molecule has 0 amide bonds. The van der Waals surface area contributed by atoms with Crippen molar-refractivity contribution < 1.29 is 9.21 Å². The highest BCUT2D eigenvalue weighted by Gasteiger charge is 2.08. The van der Waals surface area contributed by atoms with E-state index in [4.69, 9.17) is 16.0 Å². The van der Waals surface area contributed by atoms with Crippen LogP contribution in [0.3, 0.4) is 0 Å². The highest BCUT2D eigenvalue weighted by atomic mass is 35.5. The van der Waals surface area contributed by atoms with Gasteiger partial charge in [-0.25, -0.2) is 0 Å². The predicted octanol–water partition coefficient (Wildman–Crippen LogP) is 4.01. The molecule has 0 saturated heterocycles. The number of carbonyl (C=O) groups excluding carboxylic acids is 1. The van der Waals surface area contributed by atoms with Gasteiger partial charge >= 0.3 is 0 Å². The number of nitrogens with one attached hydrogen (secondary N) is 1. The monoisotopic (exact) mass is 340 g/mol. The number of ketones is 1. The second kappa shape index (κ2) is 6.68. The van der Waals surface area contributed by atoms with Gasteiger partial charge in [0.05, 0.1) is 11.1 Å². The molecule has 0 aliphatic carbocycles. The first-order valence-electron chi connectivity index (χ1n) is 7.18. The smallest absolute Gasteiger partial charge is 0.193 e. The largest absolute Gasteiger partial charge is 0.456 e. The maximum atomic E-state index is 12.3. The number of rotatable bonds is 4. The molecule has 0 radical (unpaired) electrons. The second-order valence-electron chi connectivity index (χ2n) is 5.12. The Morgan fingerprint density at radius 1 is 1.12 bits per heavy atom. The third kappa shape index (κ3) is 3.36. The van der Waals surface area contributed by atoms with Crippen LogP contribution in [0.5, 0.6) is 0 Å². The zero-order valence-corrected chi connectivity index (χ0v) is 13.5. The van der Waals surface area contributed by atoms with Crippen LogP contribution in [0, 0.1) is 0 Å². The Bertz CT molecular complexity index is 994. The highest BCUT2D eigenvalue weighted by molar-refractivity contribution is 6.82. The van der Waals surface area contributed by atoms with E-state index in [0.717, 1.165) is 5.56 Å². The predicted molar refractivity (Wildman–Crippen MR) is 95.5 cm³/mol. The molecule has 0 aliphatic heterocycles. The number of hydrogen-bond acceptors (Lipinski definition) is 5. The Hall–Kier alpha value is -2.92. The minimum atomic E-state index is -0.345. The molecule has 3 aromatic rings. The van der Waals surface area contributed by atoms with Gasteiger partial charge in [0.15, 0.2) is 16.4 Å². The number of halogens is 1. The maximum absolute atomic E-state index is 12.3. The first kappa shape index (κ1) is 16.0. The van der Waals surface area contributed by atoms with E-state index in [1.165, 1.54) is 13.0 Å². The fraction of sp³-hybridized carbons (Fsp3) is 0.0556. The summed E-state index contributed by atoms with van der Waals surface area (Å²) < 4.78 is 5.84. The van der Waals surface area contributed by atoms with E-state index in [2.05, 4.69) is 10.5 Å². The number of nitrogens with zero attached hydrogens (tertiary/aromatic N) is 1. The summed E-state index contributed by atoms with van der Waals surface area (Å²) in [5, 5.41) is 4.07. The number of carbonyl (C=O) groups is 1. The van der Waals surface area contributed by atoms with Crippen LogP contribution < -0.4 is 10.9 Å². The van der Waals surface area contributed by atoms with Gasteiger partial charge in [0.25, 0.3) is 0 Å². The molecule has 0 fully saturated rings. The van der Waals surface area contributed by atoms with Crippen LogP contribution in [0.1, 0.15) is 6.92 Å². The molecule has 2 aromatic carbocycles. The minimum absolute atomic E-state index is 0.132. The van der Waals surface area contributed by atoms with Crippen molar-refractivity contribution in [2.75, 3.05) is 5.43 Å².